The monoisotopic (exact) mass is 420 g/mol. The second-order valence-corrected chi connectivity index (χ2v) is 13.6. The summed E-state index contributed by atoms with van der Waals surface area (Å²) >= 11 is 0. The molecule has 0 radical (unpaired) electrons. The highest BCUT2D eigenvalue weighted by atomic mass is 28.4. The van der Waals surface area contributed by atoms with Crippen LogP contribution < -0.4 is 10.4 Å². The molecule has 2 aromatic rings. The molecule has 2 rings (SSSR count). The summed E-state index contributed by atoms with van der Waals surface area (Å²) in [6, 6.07) is 21.7. The van der Waals surface area contributed by atoms with Gasteiger partial charge in [-0.25, -0.2) is 0 Å². The molecule has 30 heavy (non-hydrogen) atoms. The summed E-state index contributed by atoms with van der Waals surface area (Å²) in [6.45, 7) is 16.3. The van der Waals surface area contributed by atoms with Crippen molar-refractivity contribution in [2.75, 3.05) is 6.61 Å². The van der Waals surface area contributed by atoms with E-state index in [0.717, 1.165) is 6.42 Å². The number of hydrogen-bond acceptors (Lipinski definition) is 1. The van der Waals surface area contributed by atoms with E-state index in [1.54, 1.807) is 0 Å². The Bertz CT molecular complexity index is 760. The minimum absolute atomic E-state index is 0.00854. The molecule has 0 unspecified atom stereocenters. The van der Waals surface area contributed by atoms with E-state index < -0.39 is 8.32 Å². The van der Waals surface area contributed by atoms with Gasteiger partial charge in [-0.05, 0) is 35.2 Å². The largest absolute Gasteiger partial charge is 0.404 e. The Labute approximate surface area is 186 Å². The van der Waals surface area contributed by atoms with Gasteiger partial charge in [-0.1, -0.05) is 131 Å². The van der Waals surface area contributed by atoms with Crippen LogP contribution in [0.1, 0.15) is 66.7 Å². The Morgan fingerprint density at radius 2 is 1.43 bits per heavy atom. The summed E-state index contributed by atoms with van der Waals surface area (Å²) < 4.78 is 6.95. The third-order valence-electron chi connectivity index (χ3n) is 6.00. The first kappa shape index (κ1) is 24.4. The van der Waals surface area contributed by atoms with Crippen molar-refractivity contribution in [3.63, 3.8) is 0 Å². The first-order chi connectivity index (χ1) is 14.3. The van der Waals surface area contributed by atoms with Gasteiger partial charge >= 0.3 is 0 Å². The third-order valence-corrected chi connectivity index (χ3v) is 11.0. The first-order valence-corrected chi connectivity index (χ1v) is 13.3. The SMILES string of the molecule is C=C(CCCCCC)/C(C)=C/CO[Si](c1ccccc1)(c1ccccc1)C(C)(C)C. The van der Waals surface area contributed by atoms with Crippen molar-refractivity contribution in [1.82, 2.24) is 0 Å². The third kappa shape index (κ3) is 6.06. The Morgan fingerprint density at radius 3 is 1.90 bits per heavy atom. The Hall–Kier alpha value is -1.90. The Morgan fingerprint density at radius 1 is 0.900 bits per heavy atom. The standard InChI is InChI=1S/C28H40OSi/c1-7-8-9-12-17-24(2)25(3)22-23-29-30(28(4,5)6,26-18-13-10-14-19-26)27-20-15-11-16-21-27/h10-11,13-16,18-22H,2,7-9,12,17,23H2,1,3-6H3/b25-22+. The van der Waals surface area contributed by atoms with Crippen molar-refractivity contribution in [3.05, 3.63) is 84.5 Å². The van der Waals surface area contributed by atoms with E-state index in [1.807, 2.05) is 0 Å². The predicted octanol–water partition coefficient (Wildman–Crippen LogP) is 7.04. The number of rotatable bonds is 11. The second kappa shape index (κ2) is 11.5. The zero-order valence-electron chi connectivity index (χ0n) is 19.7. The molecule has 0 spiro atoms. The summed E-state index contributed by atoms with van der Waals surface area (Å²) in [4.78, 5) is 0. The lowest BCUT2D eigenvalue weighted by atomic mass is 10.0. The van der Waals surface area contributed by atoms with Crippen LogP contribution in [0.15, 0.2) is 84.5 Å². The first-order valence-electron chi connectivity index (χ1n) is 11.4. The topological polar surface area (TPSA) is 9.23 Å². The van der Waals surface area contributed by atoms with Crippen molar-refractivity contribution in [1.29, 1.82) is 0 Å². The van der Waals surface area contributed by atoms with Gasteiger partial charge in [0.1, 0.15) is 0 Å². The molecule has 0 aliphatic carbocycles. The number of allylic oxidation sites excluding steroid dienone is 2. The molecule has 0 saturated carbocycles. The number of unbranched alkanes of at least 4 members (excludes halogenated alkanes) is 3. The Kier molecular flexibility index (Phi) is 9.32. The maximum absolute atomic E-state index is 6.95. The lowest BCUT2D eigenvalue weighted by Crippen LogP contribution is -2.66. The van der Waals surface area contributed by atoms with Gasteiger partial charge in [0.15, 0.2) is 0 Å². The van der Waals surface area contributed by atoms with Crippen LogP contribution in [0.5, 0.6) is 0 Å². The Balaban J connectivity index is 2.28. The van der Waals surface area contributed by atoms with Crippen molar-refractivity contribution >= 4 is 18.7 Å². The summed E-state index contributed by atoms with van der Waals surface area (Å²) in [7, 11) is -2.46. The number of hydrogen-bond donors (Lipinski definition) is 0. The van der Waals surface area contributed by atoms with E-state index in [0.29, 0.717) is 6.61 Å². The van der Waals surface area contributed by atoms with Gasteiger partial charge < -0.3 is 4.43 Å². The van der Waals surface area contributed by atoms with Crippen LogP contribution >= 0.6 is 0 Å². The molecule has 2 heteroatoms. The molecule has 0 fully saturated rings. The van der Waals surface area contributed by atoms with Crippen molar-refractivity contribution in [3.8, 4) is 0 Å². The maximum atomic E-state index is 6.95. The van der Waals surface area contributed by atoms with E-state index in [9.17, 15) is 0 Å². The molecular formula is C28H40OSi. The lowest BCUT2D eigenvalue weighted by molar-refractivity contribution is 0.338. The zero-order valence-corrected chi connectivity index (χ0v) is 20.7. The lowest BCUT2D eigenvalue weighted by Gasteiger charge is -2.42. The fraction of sp³-hybridized carbons (Fsp3) is 0.429. The van der Waals surface area contributed by atoms with Crippen molar-refractivity contribution < 1.29 is 4.43 Å². The van der Waals surface area contributed by atoms with Crippen LogP contribution in [0, 0.1) is 0 Å². The van der Waals surface area contributed by atoms with Gasteiger partial charge in [-0.2, -0.15) is 0 Å². The minimum atomic E-state index is -2.46. The van der Waals surface area contributed by atoms with Crippen LogP contribution in [-0.4, -0.2) is 14.9 Å². The minimum Gasteiger partial charge on any atom is -0.404 e. The van der Waals surface area contributed by atoms with Crippen LogP contribution in [-0.2, 0) is 4.43 Å². The summed E-state index contributed by atoms with van der Waals surface area (Å²) in [5.41, 5.74) is 2.52. The maximum Gasteiger partial charge on any atom is 0.261 e. The zero-order chi connectivity index (χ0) is 22.0. The number of benzene rings is 2. The van der Waals surface area contributed by atoms with Gasteiger partial charge in [0.2, 0.25) is 0 Å². The van der Waals surface area contributed by atoms with Crippen LogP contribution in [0.4, 0.5) is 0 Å². The summed E-state index contributed by atoms with van der Waals surface area (Å²) in [6.07, 6.45) is 8.43. The fourth-order valence-electron chi connectivity index (χ4n) is 4.16. The quantitative estimate of drug-likeness (QED) is 0.215. The molecule has 2 aromatic carbocycles. The molecule has 0 N–H and O–H groups in total. The molecule has 0 atom stereocenters. The van der Waals surface area contributed by atoms with E-state index >= 15 is 0 Å². The normalized spacial score (nSPS) is 12.8. The van der Waals surface area contributed by atoms with Gasteiger partial charge in [-0.3, -0.25) is 0 Å². The van der Waals surface area contributed by atoms with Gasteiger partial charge in [0, 0.05) is 0 Å². The highest BCUT2D eigenvalue weighted by Crippen LogP contribution is 2.36. The molecule has 162 valence electrons. The predicted molar refractivity (Wildman–Crippen MR) is 135 cm³/mol. The van der Waals surface area contributed by atoms with E-state index in [2.05, 4.69) is 108 Å². The van der Waals surface area contributed by atoms with Crippen molar-refractivity contribution in [2.45, 2.75) is 71.8 Å². The average Bonchev–Trinajstić information content (AvgIpc) is 2.74. The smallest absolute Gasteiger partial charge is 0.261 e. The van der Waals surface area contributed by atoms with Crippen LogP contribution in [0.3, 0.4) is 0 Å². The van der Waals surface area contributed by atoms with Crippen LogP contribution in [0.25, 0.3) is 0 Å². The molecule has 0 bridgehead atoms. The van der Waals surface area contributed by atoms with E-state index in [-0.39, 0.29) is 5.04 Å². The van der Waals surface area contributed by atoms with Crippen molar-refractivity contribution in [2.24, 2.45) is 0 Å². The van der Waals surface area contributed by atoms with E-state index in [1.165, 1.54) is 47.2 Å². The highest BCUT2D eigenvalue weighted by molar-refractivity contribution is 6.99. The molecule has 0 aromatic heterocycles. The molecule has 0 aliphatic rings. The molecule has 0 saturated heterocycles. The van der Waals surface area contributed by atoms with Gasteiger partial charge in [-0.15, -0.1) is 0 Å². The molecule has 1 nitrogen and oxygen atoms in total. The van der Waals surface area contributed by atoms with Crippen LogP contribution in [0.2, 0.25) is 5.04 Å². The summed E-state index contributed by atoms with van der Waals surface area (Å²) in [5.74, 6) is 0. The average molecular weight is 421 g/mol. The van der Waals surface area contributed by atoms with Gasteiger partial charge in [0.25, 0.3) is 8.32 Å². The molecule has 0 aliphatic heterocycles. The molecular weight excluding hydrogens is 380 g/mol. The fourth-order valence-corrected chi connectivity index (χ4v) is 8.65. The van der Waals surface area contributed by atoms with Gasteiger partial charge in [0.05, 0.1) is 6.61 Å². The molecule has 0 amide bonds. The molecule has 0 heterocycles. The van der Waals surface area contributed by atoms with E-state index in [4.69, 9.17) is 4.43 Å². The summed E-state index contributed by atoms with van der Waals surface area (Å²) in [5, 5.41) is 2.66. The highest BCUT2D eigenvalue weighted by Gasteiger charge is 2.49. The second-order valence-electron chi connectivity index (χ2n) is 9.28.